The van der Waals surface area contributed by atoms with Crippen molar-refractivity contribution in [1.29, 1.82) is 0 Å². The minimum Gasteiger partial charge on any atom is -0.426 e. The van der Waals surface area contributed by atoms with E-state index in [0.29, 0.717) is 50.6 Å². The predicted octanol–water partition coefficient (Wildman–Crippen LogP) is 2.75. The van der Waals surface area contributed by atoms with Crippen LogP contribution in [0.4, 0.5) is 11.4 Å². The number of morpholine rings is 1. The SMILES string of the molecule is Cc1ccc(OC(=O)C2CCN(c3ccc(S(=O)(=O)N4CCOCC4)cc3[N+](=O)[O-])CC2)cc1. The fraction of sp³-hybridized carbons (Fsp3) is 0.435. The molecular weight excluding hydrogens is 462 g/mol. The minimum absolute atomic E-state index is 0.110. The van der Waals surface area contributed by atoms with Crippen LogP contribution >= 0.6 is 0 Å². The standard InChI is InChI=1S/C23H27N3O7S/c1-17-2-4-19(5-3-17)33-23(27)18-8-10-24(11-9-18)21-7-6-20(16-22(21)26(28)29)34(30,31)25-12-14-32-15-13-25/h2-7,16,18H,8-15H2,1H3. The molecule has 2 aliphatic rings. The molecule has 182 valence electrons. The van der Waals surface area contributed by atoms with Crippen LogP contribution < -0.4 is 9.64 Å². The maximum Gasteiger partial charge on any atom is 0.314 e. The molecule has 0 aliphatic carbocycles. The van der Waals surface area contributed by atoms with E-state index < -0.39 is 14.9 Å². The van der Waals surface area contributed by atoms with Gasteiger partial charge in [0.25, 0.3) is 5.69 Å². The van der Waals surface area contributed by atoms with Crippen LogP contribution in [0.5, 0.6) is 5.75 Å². The second kappa shape index (κ2) is 10.1. The van der Waals surface area contributed by atoms with Gasteiger partial charge in [-0.15, -0.1) is 0 Å². The Bertz CT molecular complexity index is 1150. The molecule has 0 spiro atoms. The largest absolute Gasteiger partial charge is 0.426 e. The molecule has 0 radical (unpaired) electrons. The lowest BCUT2D eigenvalue weighted by Crippen LogP contribution is -2.40. The summed E-state index contributed by atoms with van der Waals surface area (Å²) in [6.45, 7) is 3.80. The number of rotatable bonds is 6. The minimum atomic E-state index is -3.85. The highest BCUT2D eigenvalue weighted by Crippen LogP contribution is 2.34. The second-order valence-corrected chi connectivity index (χ2v) is 10.4. The number of esters is 1. The van der Waals surface area contributed by atoms with E-state index in [1.165, 1.54) is 16.4 Å². The maximum atomic E-state index is 12.9. The molecule has 0 unspecified atom stereocenters. The van der Waals surface area contributed by atoms with Crippen molar-refractivity contribution in [3.05, 3.63) is 58.1 Å². The van der Waals surface area contributed by atoms with Gasteiger partial charge in [0.05, 0.1) is 29.0 Å². The third-order valence-electron chi connectivity index (χ3n) is 6.16. The van der Waals surface area contributed by atoms with Crippen LogP contribution in [0.2, 0.25) is 0 Å². The summed E-state index contributed by atoms with van der Waals surface area (Å²) >= 11 is 0. The van der Waals surface area contributed by atoms with E-state index in [1.807, 2.05) is 24.0 Å². The van der Waals surface area contributed by atoms with E-state index in [-0.39, 0.29) is 35.6 Å². The van der Waals surface area contributed by atoms with Crippen LogP contribution in [0, 0.1) is 23.0 Å². The zero-order chi connectivity index (χ0) is 24.3. The van der Waals surface area contributed by atoms with Crippen LogP contribution in [0.1, 0.15) is 18.4 Å². The lowest BCUT2D eigenvalue weighted by Gasteiger charge is -2.32. The number of ether oxygens (including phenoxy) is 2. The maximum absolute atomic E-state index is 12.9. The van der Waals surface area contributed by atoms with Crippen molar-refractivity contribution >= 4 is 27.4 Å². The Morgan fingerprint density at radius 2 is 1.71 bits per heavy atom. The first-order chi connectivity index (χ1) is 16.3. The number of aryl methyl sites for hydroxylation is 1. The zero-order valence-electron chi connectivity index (χ0n) is 18.9. The zero-order valence-corrected chi connectivity index (χ0v) is 19.7. The molecule has 4 rings (SSSR count). The van der Waals surface area contributed by atoms with Gasteiger partial charge in [0.1, 0.15) is 11.4 Å². The van der Waals surface area contributed by atoms with Crippen LogP contribution in [0.3, 0.4) is 0 Å². The first-order valence-corrected chi connectivity index (χ1v) is 12.6. The van der Waals surface area contributed by atoms with Gasteiger partial charge in [0, 0.05) is 32.2 Å². The Labute approximate surface area is 198 Å². The van der Waals surface area contributed by atoms with Gasteiger partial charge in [0.2, 0.25) is 10.0 Å². The Kier molecular flexibility index (Phi) is 7.15. The number of hydrogen-bond donors (Lipinski definition) is 0. The van der Waals surface area contributed by atoms with Gasteiger partial charge in [-0.1, -0.05) is 17.7 Å². The lowest BCUT2D eigenvalue weighted by atomic mass is 9.96. The molecule has 2 aliphatic heterocycles. The summed E-state index contributed by atoms with van der Waals surface area (Å²) in [5.74, 6) is -0.131. The summed E-state index contributed by atoms with van der Waals surface area (Å²) in [6.07, 6.45) is 0.964. The topological polar surface area (TPSA) is 119 Å². The fourth-order valence-corrected chi connectivity index (χ4v) is 5.60. The Morgan fingerprint density at radius 3 is 2.32 bits per heavy atom. The molecule has 0 amide bonds. The van der Waals surface area contributed by atoms with E-state index in [4.69, 9.17) is 9.47 Å². The molecule has 10 nitrogen and oxygen atoms in total. The van der Waals surface area contributed by atoms with E-state index in [0.717, 1.165) is 11.6 Å². The van der Waals surface area contributed by atoms with Gasteiger partial charge < -0.3 is 14.4 Å². The van der Waals surface area contributed by atoms with Crippen molar-refractivity contribution in [2.75, 3.05) is 44.3 Å². The molecule has 2 aromatic rings. The first-order valence-electron chi connectivity index (χ1n) is 11.2. The molecule has 34 heavy (non-hydrogen) atoms. The van der Waals surface area contributed by atoms with Crippen LogP contribution in [0.15, 0.2) is 47.4 Å². The third kappa shape index (κ3) is 5.21. The highest BCUT2D eigenvalue weighted by Gasteiger charge is 2.32. The van der Waals surface area contributed by atoms with Crippen molar-refractivity contribution in [2.45, 2.75) is 24.7 Å². The first kappa shape index (κ1) is 24.1. The quantitative estimate of drug-likeness (QED) is 0.263. The summed E-state index contributed by atoms with van der Waals surface area (Å²) in [5, 5.41) is 11.8. The normalized spacial score (nSPS) is 18.0. The van der Waals surface area contributed by atoms with Gasteiger partial charge in [-0.25, -0.2) is 8.42 Å². The molecule has 11 heteroatoms. The smallest absolute Gasteiger partial charge is 0.314 e. The summed E-state index contributed by atoms with van der Waals surface area (Å²) in [5.41, 5.74) is 1.14. The van der Waals surface area contributed by atoms with Gasteiger partial charge in [-0.2, -0.15) is 4.31 Å². The molecule has 0 bridgehead atoms. The monoisotopic (exact) mass is 489 g/mol. The van der Waals surface area contributed by atoms with Crippen molar-refractivity contribution in [3.63, 3.8) is 0 Å². The van der Waals surface area contributed by atoms with Crippen LogP contribution in [-0.4, -0.2) is 63.0 Å². The number of sulfonamides is 1. The molecule has 0 N–H and O–H groups in total. The number of carbonyl (C=O) groups is 1. The van der Waals surface area contributed by atoms with Gasteiger partial charge in [-0.05, 0) is 44.0 Å². The van der Waals surface area contributed by atoms with Crippen LogP contribution in [0.25, 0.3) is 0 Å². The van der Waals surface area contributed by atoms with Crippen molar-refractivity contribution in [1.82, 2.24) is 4.31 Å². The number of benzene rings is 2. The second-order valence-electron chi connectivity index (χ2n) is 8.42. The molecular formula is C23H27N3O7S. The van der Waals surface area contributed by atoms with Crippen molar-refractivity contribution in [2.24, 2.45) is 5.92 Å². The van der Waals surface area contributed by atoms with Crippen molar-refractivity contribution < 1.29 is 27.6 Å². The number of carbonyl (C=O) groups excluding carboxylic acids is 1. The number of nitrogens with zero attached hydrogens (tertiary/aromatic N) is 3. The third-order valence-corrected chi connectivity index (χ3v) is 8.05. The number of anilines is 1. The number of hydrogen-bond acceptors (Lipinski definition) is 8. The molecule has 0 saturated carbocycles. The average Bonchev–Trinajstić information content (AvgIpc) is 2.85. The Balaban J connectivity index is 1.45. The van der Waals surface area contributed by atoms with Crippen molar-refractivity contribution in [3.8, 4) is 5.75 Å². The average molecular weight is 490 g/mol. The molecule has 2 fully saturated rings. The lowest BCUT2D eigenvalue weighted by molar-refractivity contribution is -0.384. The summed E-state index contributed by atoms with van der Waals surface area (Å²) < 4.78 is 37.8. The summed E-state index contributed by atoms with van der Waals surface area (Å²) in [4.78, 5) is 25.5. The number of piperidine rings is 1. The van der Waals surface area contributed by atoms with E-state index in [2.05, 4.69) is 0 Å². The molecule has 0 aromatic heterocycles. The Hall–Kier alpha value is -3.02. The highest BCUT2D eigenvalue weighted by molar-refractivity contribution is 7.89. The fourth-order valence-electron chi connectivity index (χ4n) is 4.18. The van der Waals surface area contributed by atoms with Gasteiger partial charge >= 0.3 is 5.97 Å². The van der Waals surface area contributed by atoms with E-state index in [9.17, 15) is 23.3 Å². The van der Waals surface area contributed by atoms with Gasteiger partial charge in [0.15, 0.2) is 0 Å². The van der Waals surface area contributed by atoms with Gasteiger partial charge in [-0.3, -0.25) is 14.9 Å². The molecule has 2 heterocycles. The summed E-state index contributed by atoms with van der Waals surface area (Å²) in [7, 11) is -3.85. The number of nitro benzene ring substituents is 1. The predicted molar refractivity (Wildman–Crippen MR) is 124 cm³/mol. The molecule has 0 atom stereocenters. The molecule has 2 saturated heterocycles. The summed E-state index contributed by atoms with van der Waals surface area (Å²) in [6, 6.07) is 11.2. The van der Waals surface area contributed by atoms with E-state index >= 15 is 0 Å². The highest BCUT2D eigenvalue weighted by atomic mass is 32.2. The van der Waals surface area contributed by atoms with E-state index in [1.54, 1.807) is 12.1 Å². The Morgan fingerprint density at radius 1 is 1.06 bits per heavy atom. The van der Waals surface area contributed by atoms with Crippen LogP contribution in [-0.2, 0) is 19.6 Å². The number of nitro groups is 1. The molecule has 2 aromatic carbocycles.